The minimum atomic E-state index is -0.417. The largest absolute Gasteiger partial charge is 0.728 e. The van der Waals surface area contributed by atoms with E-state index >= 15 is 0 Å². The molecule has 0 fully saturated rings. The van der Waals surface area contributed by atoms with E-state index in [0.717, 1.165) is 7.41 Å². The molecule has 1 unspecified atom stereocenters. The van der Waals surface area contributed by atoms with Gasteiger partial charge in [0.05, 0.1) is 8.89 Å². The molecule has 0 amide bonds. The molecule has 0 aromatic heterocycles. The molecule has 0 nitrogen and oxygen atoms in total. The van der Waals surface area contributed by atoms with Crippen molar-refractivity contribution < 1.29 is 4.20 Å². The summed E-state index contributed by atoms with van der Waals surface area (Å²) in [5, 5.41) is 0. The number of halogens is 1. The Labute approximate surface area is 636 Å². The average Bonchev–Trinajstić information content (AvgIpc) is 1.39. The van der Waals surface area contributed by atoms with E-state index < -0.39 is 8.89 Å². The zero-order valence-electron chi connectivity index (χ0n) is 3.44. The van der Waals surface area contributed by atoms with Crippen LogP contribution in [-0.2, 0) is 12.2 Å². The molecule has 0 aliphatic carbocycles. The monoisotopic (exact) mass is 1430 g/mol. The van der Waals surface area contributed by atoms with Crippen LogP contribution in [-0.4, -0.2) is 13.0 Å². The summed E-state index contributed by atoms with van der Waals surface area (Å²) in [6.07, 6.45) is 3.27. The van der Waals surface area contributed by atoms with E-state index in [4.69, 9.17) is 0 Å². The molecule has 0 aromatic carbocycles. The molecule has 1 atom stereocenters. The van der Waals surface area contributed by atoms with Crippen LogP contribution in [0.5, 0.6) is 0 Å². The summed E-state index contributed by atoms with van der Waals surface area (Å²) < 4.78 is 10.3. The highest BCUT2D eigenvalue weighted by Crippen LogP contribution is 1.97. The van der Waals surface area contributed by atoms with E-state index in [-0.39, 0.29) is 594 Å². The molecule has 0 spiro atoms. The van der Waals surface area contributed by atoms with Crippen molar-refractivity contribution in [2.75, 3.05) is 6.66 Å². The first kappa shape index (κ1) is 26900. The van der Waals surface area contributed by atoms with Gasteiger partial charge in [0.15, 0.2) is 0 Å². The Morgan fingerprint density at radius 3 is 0.151 bits per heavy atom. The third-order valence-electron chi connectivity index (χ3n) is 0. The fourth-order valence-electron chi connectivity index (χ4n) is 0. The number of rotatable bonds is 0. The molecule has 4 heteroatoms. The van der Waals surface area contributed by atoms with Gasteiger partial charge in [0, 0.05) is 0 Å². The molecular formula is C82H326FP2S-. The van der Waals surface area contributed by atoms with E-state index in [0.29, 0.717) is 0 Å². The molecule has 0 radical (unpaired) electrons. The zero-order valence-corrected chi connectivity index (χ0v) is 6.15. The zero-order chi connectivity index (χ0) is 5.41. The standard InChI is InChI=1S/CH4FP.CH2PS.80CH4/c1-3-2;1-2-3;;;;;;;;;;;;;;;;;;;;;;;;;;;;;;;;;;;;;;;;;;;;;;;;;;;;;;;;;;;;;;;;;;;;;;;;;;;;;;;;/h3H,1H3;1H2;80*1H4/q;-1;;;;;;;;;;;;;;;;;;;;;;;;;;;;;;;;;;;;;;;;;;;;;;;;;;;;;;;;;;;;;;;;;;;;;;;;;;;;;;;;. The topological polar surface area (TPSA) is 0 Å². The van der Waals surface area contributed by atoms with E-state index in [1.54, 1.807) is 0 Å². The van der Waals surface area contributed by atoms with Gasteiger partial charge in [0.25, 0.3) is 0 Å². The number of hydrogen-bond acceptors (Lipinski definition) is 1. The van der Waals surface area contributed by atoms with Crippen molar-refractivity contribution in [2.24, 2.45) is 0 Å². The molecule has 0 aromatic rings. The maximum absolute atomic E-state index is 10.3. The second-order valence-corrected chi connectivity index (χ2v) is 1.73. The summed E-state index contributed by atoms with van der Waals surface area (Å²) in [6, 6.07) is 0. The molecule has 0 saturated carbocycles. The molecule has 0 heterocycles. The van der Waals surface area contributed by atoms with Crippen LogP contribution >= 0.6 is 16.3 Å². The van der Waals surface area contributed by atoms with Crippen LogP contribution in [0.3, 0.4) is 0 Å². The first-order chi connectivity index (χ1) is 2.83. The highest BCUT2D eigenvalue weighted by atomic mass is 32.7. The van der Waals surface area contributed by atoms with Crippen LogP contribution in [0.25, 0.3) is 0 Å². The summed E-state index contributed by atoms with van der Waals surface area (Å²) in [4.78, 5) is 0. The van der Waals surface area contributed by atoms with Gasteiger partial charge >= 0.3 is 0 Å². The van der Waals surface area contributed by atoms with Crippen LogP contribution in [0.15, 0.2) is 0 Å². The van der Waals surface area contributed by atoms with Crippen molar-refractivity contribution in [3.05, 3.63) is 0 Å². The fraction of sp³-hybridized carbons (Fsp3) is 0.988. The van der Waals surface area contributed by atoms with Gasteiger partial charge in [-0.15, -0.1) is 6.30 Å². The summed E-state index contributed by atoms with van der Waals surface area (Å²) in [5.74, 6) is 0. The predicted molar refractivity (Wildman–Crippen MR) is 575 cm³/mol. The Hall–Kier alpha value is 0.880. The SMILES string of the molecule is C.C.C.C.C.C.C.C.C.C.C.C.C.C.C.C.C.C.C.C.C.C.C.C.C.C.C.C.C.C.C.C.C.C.C.C.C.C.C.C.C.C.C.C.C.C.C.C.C.C.C.C.C.C.C.C.C.C.C.C.C.C.C.C.C.C.C.C.C.C.C.C.C.C.C.C.C.C.C.C.C=P[S-].CPF. The van der Waals surface area contributed by atoms with Gasteiger partial charge in [-0.05, 0) is 6.66 Å². The van der Waals surface area contributed by atoms with Gasteiger partial charge in [-0.1, -0.05) is 594 Å². The molecule has 0 N–H and O–H groups in total. The maximum Gasteiger partial charge on any atom is 0.0639 e. The van der Waals surface area contributed by atoms with Crippen molar-refractivity contribution in [1.82, 2.24) is 0 Å². The van der Waals surface area contributed by atoms with Crippen LogP contribution in [0.1, 0.15) is 594 Å². The van der Waals surface area contributed by atoms with Crippen LogP contribution in [0, 0.1) is 0 Å². The van der Waals surface area contributed by atoms with Crippen LogP contribution in [0.4, 0.5) is 4.20 Å². The van der Waals surface area contributed by atoms with Crippen molar-refractivity contribution in [3.8, 4) is 0 Å². The second-order valence-electron chi connectivity index (χ2n) is 0.318. The molecule has 0 bridgehead atoms. The smallest absolute Gasteiger partial charge is 0.0639 e. The van der Waals surface area contributed by atoms with Crippen molar-refractivity contribution >= 4 is 34.8 Å². The van der Waals surface area contributed by atoms with Gasteiger partial charge in [-0.3, -0.25) is 7.41 Å². The second kappa shape index (κ2) is 74600. The van der Waals surface area contributed by atoms with Gasteiger partial charge in [0.2, 0.25) is 0 Å². The van der Waals surface area contributed by atoms with Gasteiger partial charge < -0.3 is 12.2 Å². The summed E-state index contributed by atoms with van der Waals surface area (Å²) in [7, 11) is 0.333. The van der Waals surface area contributed by atoms with E-state index in [2.05, 4.69) is 18.5 Å². The van der Waals surface area contributed by atoms with Crippen LogP contribution < -0.4 is 0 Å². The minimum absolute atomic E-state index is 0. The van der Waals surface area contributed by atoms with Crippen molar-refractivity contribution in [2.45, 2.75) is 594 Å². The Kier molecular flexibility index (Phi) is 23300000. The third kappa shape index (κ3) is 771000. The molecule has 86 heavy (non-hydrogen) atoms. The quantitative estimate of drug-likeness (QED) is 0.172. The first-order valence-electron chi connectivity index (χ1n) is 1.19. The molecule has 0 rings (SSSR count). The van der Waals surface area contributed by atoms with E-state index in [9.17, 15) is 4.20 Å². The van der Waals surface area contributed by atoms with E-state index in [1.165, 1.54) is 6.66 Å². The molecule has 0 saturated heterocycles. The van der Waals surface area contributed by atoms with Gasteiger partial charge in [-0.2, -0.15) is 0 Å². The number of hydrogen-bond donors (Lipinski definition) is 0. The Balaban J connectivity index is -0.0000000000241. The Morgan fingerprint density at radius 1 is 0.151 bits per heavy atom. The normalized spacial score (nSPS) is 0.593. The lowest BCUT2D eigenvalue weighted by Gasteiger charge is -1.67. The summed E-state index contributed by atoms with van der Waals surface area (Å²) in [6.45, 7) is 1.49. The molecule has 0 aliphatic rings. The lowest BCUT2D eigenvalue weighted by atomic mass is 12.0. The van der Waals surface area contributed by atoms with Crippen LogP contribution in [0.2, 0.25) is 0 Å². The first-order valence-corrected chi connectivity index (χ1v) is 4.66. The van der Waals surface area contributed by atoms with Gasteiger partial charge in [0.1, 0.15) is 0 Å². The Bertz CT molecular complexity index is 43.3. The predicted octanol–water partition coefficient (Wildman–Crippen LogP) is 52.9. The van der Waals surface area contributed by atoms with Crippen molar-refractivity contribution in [1.29, 1.82) is 0 Å². The molecular weight excluding hydrogens is 1100 g/mol. The average molecular weight is 1430 g/mol. The van der Waals surface area contributed by atoms with Gasteiger partial charge in [-0.25, -0.2) is 4.20 Å². The lowest BCUT2D eigenvalue weighted by molar-refractivity contribution is 0.925. The van der Waals surface area contributed by atoms with Crippen molar-refractivity contribution in [3.63, 3.8) is 0 Å². The lowest BCUT2D eigenvalue weighted by Crippen LogP contribution is -1.03. The summed E-state index contributed by atoms with van der Waals surface area (Å²) in [5.41, 5.74) is 0. The molecule has 0 aliphatic heterocycles. The maximum atomic E-state index is 10.3. The van der Waals surface area contributed by atoms with E-state index in [1.807, 2.05) is 0 Å². The Morgan fingerprint density at radius 2 is 0.151 bits per heavy atom. The highest BCUT2D eigenvalue weighted by molar-refractivity contribution is 8.23. The molecule has 678 valence electrons. The highest BCUT2D eigenvalue weighted by Gasteiger charge is 1.39. The summed E-state index contributed by atoms with van der Waals surface area (Å²) >= 11 is 4.25. The fourth-order valence-corrected chi connectivity index (χ4v) is 0. The third-order valence-corrected chi connectivity index (χ3v) is 0. The minimum Gasteiger partial charge on any atom is -0.728 e.